The van der Waals surface area contributed by atoms with Gasteiger partial charge in [-0.05, 0) is 47.6 Å². The van der Waals surface area contributed by atoms with Crippen LogP contribution in [0.5, 0.6) is 0 Å². The first-order chi connectivity index (χ1) is 11.4. The number of anilines is 1. The van der Waals surface area contributed by atoms with E-state index in [4.69, 9.17) is 0 Å². The maximum absolute atomic E-state index is 12.7. The molecule has 1 saturated heterocycles. The predicted molar refractivity (Wildman–Crippen MR) is 75.3 cm³/mol. The van der Waals surface area contributed by atoms with Gasteiger partial charge in [0.25, 0.3) is 0 Å². The Kier molecular flexibility index (Phi) is 2.90. The summed E-state index contributed by atoms with van der Waals surface area (Å²) in [5, 5.41) is 22.2. The lowest BCUT2D eigenvalue weighted by atomic mass is 9.85. The molecule has 3 aliphatic rings. The summed E-state index contributed by atoms with van der Waals surface area (Å²) >= 11 is 0. The fraction of sp³-hybridized carbons (Fsp3) is 0.294. The maximum atomic E-state index is 12.7. The van der Waals surface area contributed by atoms with Crippen LogP contribution in [0.1, 0.15) is 27.1 Å². The van der Waals surface area contributed by atoms with Crippen molar-refractivity contribution in [3.05, 3.63) is 41.5 Å². The number of carbonyl (C=O) groups excluding carboxylic acids is 4. The van der Waals surface area contributed by atoms with Crippen molar-refractivity contribution in [2.75, 3.05) is 4.90 Å². The van der Waals surface area contributed by atoms with Gasteiger partial charge in [0.05, 0.1) is 29.5 Å². The highest BCUT2D eigenvalue weighted by Gasteiger charge is 2.59. The minimum Gasteiger partial charge on any atom is -0.545 e. The van der Waals surface area contributed by atoms with Crippen LogP contribution in [0.3, 0.4) is 0 Å². The summed E-state index contributed by atoms with van der Waals surface area (Å²) in [6, 6.07) is 3.03. The minimum atomic E-state index is -1.60. The highest BCUT2D eigenvalue weighted by atomic mass is 16.4. The Morgan fingerprint density at radius 1 is 0.875 bits per heavy atom. The molecular weight excluding hydrogens is 314 g/mol. The predicted octanol–water partition coefficient (Wildman–Crippen LogP) is -1.27. The summed E-state index contributed by atoms with van der Waals surface area (Å²) in [5.41, 5.74) is -0.921. The summed E-state index contributed by atoms with van der Waals surface area (Å²) in [4.78, 5) is 48.5. The van der Waals surface area contributed by atoms with Crippen LogP contribution in [0.25, 0.3) is 0 Å². The molecule has 0 unspecified atom stereocenters. The van der Waals surface area contributed by atoms with E-state index in [1.807, 2.05) is 12.2 Å². The molecule has 7 heteroatoms. The van der Waals surface area contributed by atoms with Crippen molar-refractivity contribution in [1.29, 1.82) is 0 Å². The van der Waals surface area contributed by atoms with Gasteiger partial charge in [-0.25, -0.2) is 4.90 Å². The Morgan fingerprint density at radius 3 is 1.75 bits per heavy atom. The van der Waals surface area contributed by atoms with Crippen molar-refractivity contribution in [2.45, 2.75) is 6.42 Å². The van der Waals surface area contributed by atoms with Crippen LogP contribution in [0.15, 0.2) is 30.4 Å². The maximum Gasteiger partial charge on any atom is 0.238 e. The monoisotopic (exact) mass is 325 g/mol. The molecule has 1 saturated carbocycles. The van der Waals surface area contributed by atoms with Crippen molar-refractivity contribution in [1.82, 2.24) is 0 Å². The number of amides is 2. The highest BCUT2D eigenvalue weighted by molar-refractivity contribution is 6.23. The Labute approximate surface area is 136 Å². The summed E-state index contributed by atoms with van der Waals surface area (Å²) in [6.07, 6.45) is 4.64. The lowest BCUT2D eigenvalue weighted by Gasteiger charge is -2.20. The number of benzene rings is 1. The van der Waals surface area contributed by atoms with Crippen molar-refractivity contribution in [3.8, 4) is 0 Å². The van der Waals surface area contributed by atoms with E-state index in [0.717, 1.165) is 29.5 Å². The van der Waals surface area contributed by atoms with E-state index in [1.165, 1.54) is 0 Å². The summed E-state index contributed by atoms with van der Waals surface area (Å²) in [7, 11) is 0. The smallest absolute Gasteiger partial charge is 0.238 e. The van der Waals surface area contributed by atoms with Gasteiger partial charge in [0.1, 0.15) is 0 Å². The second-order valence-electron chi connectivity index (χ2n) is 6.36. The molecule has 2 amide bonds. The van der Waals surface area contributed by atoms with Gasteiger partial charge in [0, 0.05) is 0 Å². The van der Waals surface area contributed by atoms with Crippen LogP contribution in [0.2, 0.25) is 0 Å². The van der Waals surface area contributed by atoms with Crippen LogP contribution in [-0.4, -0.2) is 23.8 Å². The van der Waals surface area contributed by atoms with Crippen molar-refractivity contribution in [3.63, 3.8) is 0 Å². The lowest BCUT2D eigenvalue weighted by molar-refractivity contribution is -0.255. The molecule has 2 bridgehead atoms. The van der Waals surface area contributed by atoms with Gasteiger partial charge in [-0.15, -0.1) is 0 Å². The fourth-order valence-corrected chi connectivity index (χ4v) is 4.13. The fourth-order valence-electron chi connectivity index (χ4n) is 4.13. The van der Waals surface area contributed by atoms with Crippen LogP contribution in [0, 0.1) is 23.7 Å². The summed E-state index contributed by atoms with van der Waals surface area (Å²) in [5.74, 6) is -4.92. The third-order valence-corrected chi connectivity index (χ3v) is 5.12. The molecule has 24 heavy (non-hydrogen) atoms. The van der Waals surface area contributed by atoms with E-state index < -0.39 is 46.7 Å². The number of fused-ring (bicyclic) bond motifs is 5. The first-order valence-electron chi connectivity index (χ1n) is 7.52. The van der Waals surface area contributed by atoms with Gasteiger partial charge >= 0.3 is 0 Å². The molecule has 0 aromatic heterocycles. The number of nitrogens with zero attached hydrogens (tertiary/aromatic N) is 1. The highest BCUT2D eigenvalue weighted by Crippen LogP contribution is 2.53. The number of carboxylic acid groups (broad SMARTS) is 2. The van der Waals surface area contributed by atoms with Gasteiger partial charge in [-0.3, -0.25) is 9.59 Å². The molecule has 0 N–H and O–H groups in total. The third-order valence-electron chi connectivity index (χ3n) is 5.12. The lowest BCUT2D eigenvalue weighted by Crippen LogP contribution is -2.34. The van der Waals surface area contributed by atoms with E-state index in [-0.39, 0.29) is 17.5 Å². The van der Waals surface area contributed by atoms with Crippen LogP contribution < -0.4 is 15.1 Å². The van der Waals surface area contributed by atoms with Gasteiger partial charge in [-0.2, -0.15) is 0 Å². The van der Waals surface area contributed by atoms with E-state index in [2.05, 4.69) is 0 Å². The Morgan fingerprint density at radius 2 is 1.33 bits per heavy atom. The van der Waals surface area contributed by atoms with Crippen LogP contribution >= 0.6 is 0 Å². The summed E-state index contributed by atoms with van der Waals surface area (Å²) < 4.78 is 0. The minimum absolute atomic E-state index is 0.00591. The van der Waals surface area contributed by atoms with Crippen molar-refractivity contribution < 1.29 is 29.4 Å². The number of rotatable bonds is 3. The largest absolute Gasteiger partial charge is 0.545 e. The average molecular weight is 325 g/mol. The quantitative estimate of drug-likeness (QED) is 0.505. The standard InChI is InChI=1S/C17H13NO6/c19-14-12-7-1-2-8(3-7)13(12)15(20)18(14)11-5-9(16(21)22)4-10(6-11)17(23)24/h1-2,4-8,12-13H,3H2,(H,21,22)(H,23,24)/p-2/t7-,8-,12+,13+/m1/s1. The molecule has 2 fully saturated rings. The Hall–Kier alpha value is -2.96. The number of aromatic carboxylic acids is 2. The molecule has 1 aliphatic heterocycles. The average Bonchev–Trinajstić information content (AvgIpc) is 3.21. The molecule has 4 rings (SSSR count). The molecule has 7 nitrogen and oxygen atoms in total. The Bertz CT molecular complexity index is 779. The molecule has 1 heterocycles. The van der Waals surface area contributed by atoms with Crippen LogP contribution in [0.4, 0.5) is 5.69 Å². The molecule has 0 radical (unpaired) electrons. The van der Waals surface area contributed by atoms with E-state index in [0.29, 0.717) is 0 Å². The zero-order valence-electron chi connectivity index (χ0n) is 12.3. The number of carboxylic acids is 2. The second kappa shape index (κ2) is 4.77. The number of imide groups is 1. The molecule has 1 aromatic carbocycles. The number of hydrogen-bond acceptors (Lipinski definition) is 6. The van der Waals surface area contributed by atoms with E-state index in [1.54, 1.807) is 0 Å². The zero-order chi connectivity index (χ0) is 17.2. The number of hydrogen-bond donors (Lipinski definition) is 0. The summed E-state index contributed by atoms with van der Waals surface area (Å²) in [6.45, 7) is 0. The van der Waals surface area contributed by atoms with Gasteiger partial charge in [0.15, 0.2) is 0 Å². The third kappa shape index (κ3) is 1.84. The van der Waals surface area contributed by atoms with Crippen molar-refractivity contribution in [2.24, 2.45) is 23.7 Å². The van der Waals surface area contributed by atoms with Gasteiger partial charge < -0.3 is 19.8 Å². The molecule has 1 aromatic rings. The van der Waals surface area contributed by atoms with E-state index in [9.17, 15) is 29.4 Å². The first kappa shape index (κ1) is 14.6. The molecule has 0 spiro atoms. The topological polar surface area (TPSA) is 118 Å². The van der Waals surface area contributed by atoms with Gasteiger partial charge in [-0.1, -0.05) is 12.2 Å². The Balaban J connectivity index is 1.79. The van der Waals surface area contributed by atoms with Crippen molar-refractivity contribution >= 4 is 29.4 Å². The molecule has 2 aliphatic carbocycles. The van der Waals surface area contributed by atoms with E-state index >= 15 is 0 Å². The SMILES string of the molecule is O=C([O-])c1cc(C(=O)[O-])cc(N2C(=O)[C@@H]3[C@@H](C2=O)[C@@H]2C=C[C@@H]3C2)c1. The van der Waals surface area contributed by atoms with Gasteiger partial charge in [0.2, 0.25) is 11.8 Å². The second-order valence-corrected chi connectivity index (χ2v) is 6.36. The van der Waals surface area contributed by atoms with Crippen LogP contribution in [-0.2, 0) is 9.59 Å². The zero-order valence-corrected chi connectivity index (χ0v) is 12.3. The normalized spacial score (nSPS) is 30.1. The number of allylic oxidation sites excluding steroid dienone is 2. The number of carbonyl (C=O) groups is 4. The first-order valence-corrected chi connectivity index (χ1v) is 7.52. The molecule has 4 atom stereocenters. The molecular formula is C17H11NO6-2. The molecule has 122 valence electrons.